The molecule has 2 aliphatic carbocycles. The van der Waals surface area contributed by atoms with Gasteiger partial charge in [0.15, 0.2) is 0 Å². The van der Waals surface area contributed by atoms with Gasteiger partial charge < -0.3 is 9.47 Å². The highest BCUT2D eigenvalue weighted by Gasteiger charge is 2.38. The number of allylic oxidation sites excluding steroid dienone is 3. The molecule has 2 nitrogen and oxygen atoms in total. The first-order valence-electron chi connectivity index (χ1n) is 13.6. The first-order valence-corrected chi connectivity index (χ1v) is 13.6. The smallest absolute Gasteiger partial charge is 0.127 e. The fraction of sp³-hybridized carbons (Fsp3) is 0.353. The molecule has 3 aromatic carbocycles. The highest BCUT2D eigenvalue weighted by atomic mass is 16.5. The Labute approximate surface area is 216 Å². The van der Waals surface area contributed by atoms with Crippen LogP contribution >= 0.6 is 0 Å². The van der Waals surface area contributed by atoms with E-state index in [-0.39, 0.29) is 5.41 Å². The van der Waals surface area contributed by atoms with E-state index in [1.807, 2.05) is 12.1 Å². The summed E-state index contributed by atoms with van der Waals surface area (Å²) >= 11 is 0. The minimum absolute atomic E-state index is 0.00126. The van der Waals surface area contributed by atoms with E-state index in [9.17, 15) is 0 Å². The fourth-order valence-electron chi connectivity index (χ4n) is 5.68. The summed E-state index contributed by atoms with van der Waals surface area (Å²) < 4.78 is 12.4. The maximum absolute atomic E-state index is 6.31. The van der Waals surface area contributed by atoms with E-state index in [4.69, 9.17) is 9.47 Å². The summed E-state index contributed by atoms with van der Waals surface area (Å²) in [7, 11) is 0. The van der Waals surface area contributed by atoms with Gasteiger partial charge in [-0.05, 0) is 111 Å². The van der Waals surface area contributed by atoms with Gasteiger partial charge in [0, 0.05) is 5.41 Å². The van der Waals surface area contributed by atoms with Crippen molar-refractivity contribution in [1.29, 1.82) is 0 Å². The fourth-order valence-corrected chi connectivity index (χ4v) is 5.68. The molecule has 186 valence electrons. The standard InChI is InChI=1S/C34H38O2/c1-4-27-20-22-34(23-21-27,28-12-18-32(19-13-28)35-30-14-8-25(2)9-15-30)29-6-5-7-33(24-29)36-31-16-10-26(3)11-17-31/h5-10,12-19,24,26-27H,4,11,20-23H2,1-3H3. The Hall–Kier alpha value is -3.26. The molecule has 0 saturated heterocycles. The molecule has 0 spiro atoms. The maximum Gasteiger partial charge on any atom is 0.127 e. The summed E-state index contributed by atoms with van der Waals surface area (Å²) in [5.41, 5.74) is 3.96. The van der Waals surface area contributed by atoms with Gasteiger partial charge in [0.1, 0.15) is 23.0 Å². The van der Waals surface area contributed by atoms with E-state index in [0.717, 1.165) is 48.2 Å². The van der Waals surface area contributed by atoms with Crippen molar-refractivity contribution in [2.45, 2.75) is 64.7 Å². The van der Waals surface area contributed by atoms with E-state index in [1.54, 1.807) is 0 Å². The average Bonchev–Trinajstić information content (AvgIpc) is 2.92. The first kappa shape index (κ1) is 24.4. The Morgan fingerprint density at radius 3 is 2.14 bits per heavy atom. The molecule has 0 heterocycles. The zero-order valence-electron chi connectivity index (χ0n) is 21.9. The molecule has 2 aliphatic rings. The van der Waals surface area contributed by atoms with E-state index >= 15 is 0 Å². The Bertz CT molecular complexity index is 1210. The lowest BCUT2D eigenvalue weighted by Gasteiger charge is -2.41. The Kier molecular flexibility index (Phi) is 7.32. The van der Waals surface area contributed by atoms with Gasteiger partial charge >= 0.3 is 0 Å². The van der Waals surface area contributed by atoms with Gasteiger partial charge in [-0.3, -0.25) is 0 Å². The van der Waals surface area contributed by atoms with Crippen molar-refractivity contribution < 1.29 is 9.47 Å². The molecular weight excluding hydrogens is 440 g/mol. The number of ether oxygens (including phenoxy) is 2. The molecule has 0 bridgehead atoms. The Morgan fingerprint density at radius 2 is 1.50 bits per heavy atom. The van der Waals surface area contributed by atoms with Gasteiger partial charge in [0.25, 0.3) is 0 Å². The van der Waals surface area contributed by atoms with E-state index in [1.165, 1.54) is 36.0 Å². The Morgan fingerprint density at radius 1 is 0.806 bits per heavy atom. The van der Waals surface area contributed by atoms with Crippen LogP contribution in [-0.2, 0) is 5.41 Å². The predicted molar refractivity (Wildman–Crippen MR) is 149 cm³/mol. The van der Waals surface area contributed by atoms with Crippen molar-refractivity contribution in [3.05, 3.63) is 113 Å². The molecule has 0 N–H and O–H groups in total. The van der Waals surface area contributed by atoms with Crippen molar-refractivity contribution in [3.8, 4) is 17.2 Å². The van der Waals surface area contributed by atoms with Crippen molar-refractivity contribution in [2.75, 3.05) is 0 Å². The van der Waals surface area contributed by atoms with Crippen LogP contribution < -0.4 is 9.47 Å². The predicted octanol–water partition coefficient (Wildman–Crippen LogP) is 9.53. The number of aryl methyl sites for hydroxylation is 1. The van der Waals surface area contributed by atoms with Crippen LogP contribution in [-0.4, -0.2) is 0 Å². The van der Waals surface area contributed by atoms with Gasteiger partial charge in [-0.2, -0.15) is 0 Å². The molecule has 0 radical (unpaired) electrons. The molecule has 2 heteroatoms. The molecule has 1 saturated carbocycles. The van der Waals surface area contributed by atoms with Gasteiger partial charge in [0.05, 0.1) is 0 Å². The van der Waals surface area contributed by atoms with Crippen molar-refractivity contribution in [3.63, 3.8) is 0 Å². The summed E-state index contributed by atoms with van der Waals surface area (Å²) in [5, 5.41) is 0. The van der Waals surface area contributed by atoms with Crippen LogP contribution in [0.15, 0.2) is 96.8 Å². The monoisotopic (exact) mass is 478 g/mol. The maximum atomic E-state index is 6.31. The quantitative estimate of drug-likeness (QED) is 0.336. The topological polar surface area (TPSA) is 18.5 Å². The third-order valence-corrected chi connectivity index (χ3v) is 8.10. The molecule has 3 aromatic rings. The molecule has 0 aromatic heterocycles. The highest BCUT2D eigenvalue weighted by Crippen LogP contribution is 2.48. The molecular formula is C34H38O2. The number of rotatable bonds is 7. The van der Waals surface area contributed by atoms with Crippen molar-refractivity contribution in [1.82, 2.24) is 0 Å². The summed E-state index contributed by atoms with van der Waals surface area (Å²) in [6.07, 6.45) is 13.7. The molecule has 1 unspecified atom stereocenters. The Balaban J connectivity index is 1.42. The minimum atomic E-state index is -0.00126. The van der Waals surface area contributed by atoms with Crippen LogP contribution in [0.25, 0.3) is 0 Å². The number of benzene rings is 3. The summed E-state index contributed by atoms with van der Waals surface area (Å²) in [6, 6.07) is 25.8. The zero-order chi connectivity index (χ0) is 25.0. The second kappa shape index (κ2) is 10.8. The lowest BCUT2D eigenvalue weighted by molar-refractivity contribution is 0.260. The van der Waals surface area contributed by atoms with E-state index < -0.39 is 0 Å². The number of hydrogen-bond acceptors (Lipinski definition) is 2. The highest BCUT2D eigenvalue weighted by molar-refractivity contribution is 5.46. The molecule has 1 fully saturated rings. The average molecular weight is 479 g/mol. The lowest BCUT2D eigenvalue weighted by Crippen LogP contribution is -2.33. The first-order chi connectivity index (χ1) is 17.5. The van der Waals surface area contributed by atoms with E-state index in [2.05, 4.69) is 99.7 Å². The van der Waals surface area contributed by atoms with Crippen LogP contribution in [0, 0.1) is 18.8 Å². The van der Waals surface area contributed by atoms with Gasteiger partial charge in [0.2, 0.25) is 0 Å². The molecule has 0 amide bonds. The SMILES string of the molecule is CCC1CCC(c2ccc(Oc3ccc(C)cc3)cc2)(c2cccc(OC3=CCC(C)C=C3)c2)CC1. The van der Waals surface area contributed by atoms with Crippen LogP contribution in [0.1, 0.15) is 69.1 Å². The third kappa shape index (κ3) is 5.43. The van der Waals surface area contributed by atoms with Gasteiger partial charge in [-0.15, -0.1) is 0 Å². The summed E-state index contributed by atoms with van der Waals surface area (Å²) in [4.78, 5) is 0. The van der Waals surface area contributed by atoms with Crippen LogP contribution in [0.2, 0.25) is 0 Å². The normalized spacial score (nSPS) is 23.7. The van der Waals surface area contributed by atoms with Crippen LogP contribution in [0.4, 0.5) is 0 Å². The van der Waals surface area contributed by atoms with Gasteiger partial charge in [-0.25, -0.2) is 0 Å². The molecule has 5 rings (SSSR count). The summed E-state index contributed by atoms with van der Waals surface area (Å²) in [5.74, 6) is 5.03. The van der Waals surface area contributed by atoms with Crippen molar-refractivity contribution in [2.24, 2.45) is 11.8 Å². The lowest BCUT2D eigenvalue weighted by atomic mass is 9.63. The third-order valence-electron chi connectivity index (χ3n) is 8.10. The molecule has 1 atom stereocenters. The second-order valence-corrected chi connectivity index (χ2v) is 10.7. The summed E-state index contributed by atoms with van der Waals surface area (Å²) in [6.45, 7) is 6.65. The zero-order valence-corrected chi connectivity index (χ0v) is 21.9. The minimum Gasteiger partial charge on any atom is -0.458 e. The van der Waals surface area contributed by atoms with Gasteiger partial charge in [-0.1, -0.05) is 68.3 Å². The van der Waals surface area contributed by atoms with E-state index in [0.29, 0.717) is 5.92 Å². The largest absolute Gasteiger partial charge is 0.458 e. The number of hydrogen-bond donors (Lipinski definition) is 0. The second-order valence-electron chi connectivity index (χ2n) is 10.7. The van der Waals surface area contributed by atoms with Crippen LogP contribution in [0.3, 0.4) is 0 Å². The molecule has 0 aliphatic heterocycles. The van der Waals surface area contributed by atoms with Crippen molar-refractivity contribution >= 4 is 0 Å². The van der Waals surface area contributed by atoms with Crippen LogP contribution in [0.5, 0.6) is 17.2 Å². The molecule has 36 heavy (non-hydrogen) atoms.